The van der Waals surface area contributed by atoms with Crippen LogP contribution in [0.3, 0.4) is 0 Å². The second-order valence-corrected chi connectivity index (χ2v) is 6.22. The summed E-state index contributed by atoms with van der Waals surface area (Å²) in [6.07, 6.45) is 1.46. The van der Waals surface area contributed by atoms with E-state index in [1.54, 1.807) is 24.3 Å². The van der Waals surface area contributed by atoms with Crippen molar-refractivity contribution < 1.29 is 23.1 Å². The highest BCUT2D eigenvalue weighted by molar-refractivity contribution is 5.96. The van der Waals surface area contributed by atoms with Crippen LogP contribution in [0.2, 0.25) is 0 Å². The fraction of sp³-hybridized carbons (Fsp3) is 0.300. The highest BCUT2D eigenvalue weighted by atomic mass is 16.5. The maximum Gasteiger partial charge on any atom is 0.307 e. The number of amides is 1. The molecule has 0 unspecified atom stereocenters. The number of nitrogens with zero attached hydrogens (tertiary/aromatic N) is 2. The summed E-state index contributed by atoms with van der Waals surface area (Å²) in [5.41, 5.74) is 3.06. The van der Waals surface area contributed by atoms with Gasteiger partial charge in [-0.25, -0.2) is 5.43 Å². The Bertz CT molecular complexity index is 985. The van der Waals surface area contributed by atoms with E-state index in [-0.39, 0.29) is 5.76 Å². The molecule has 1 aliphatic heterocycles. The molecule has 0 saturated carbocycles. The van der Waals surface area contributed by atoms with Crippen molar-refractivity contribution in [2.45, 2.75) is 6.92 Å². The number of carbonyl (C=O) groups excluding carboxylic acids is 1. The molecule has 3 heterocycles. The summed E-state index contributed by atoms with van der Waals surface area (Å²) in [5, 5.41) is 4.74. The van der Waals surface area contributed by atoms with Crippen molar-refractivity contribution in [2.24, 2.45) is 5.10 Å². The highest BCUT2D eigenvalue weighted by Gasteiger charge is 2.15. The molecule has 1 saturated heterocycles. The summed E-state index contributed by atoms with van der Waals surface area (Å²) in [7, 11) is 0. The van der Waals surface area contributed by atoms with E-state index in [0.717, 1.165) is 30.1 Å². The number of morpholine rings is 1. The molecule has 0 bridgehead atoms. The fourth-order valence-corrected chi connectivity index (χ4v) is 2.96. The number of hydrazone groups is 1. The Balaban J connectivity index is 1.38. The van der Waals surface area contributed by atoms with Crippen LogP contribution in [0.25, 0.3) is 11.0 Å². The van der Waals surface area contributed by atoms with E-state index in [4.69, 9.17) is 18.3 Å². The van der Waals surface area contributed by atoms with Gasteiger partial charge in [-0.05, 0) is 37.3 Å². The maximum absolute atomic E-state index is 12.3. The van der Waals surface area contributed by atoms with Crippen LogP contribution in [-0.4, -0.2) is 45.0 Å². The molecule has 28 heavy (non-hydrogen) atoms. The first kappa shape index (κ1) is 18.1. The van der Waals surface area contributed by atoms with E-state index in [9.17, 15) is 4.79 Å². The standard InChI is InChI=1S/C20H21N3O5/c1-2-26-15-3-5-17-14(11-15)12-18(28-17)20(24)22-21-13-16-4-6-19(27-16)23-7-9-25-10-8-23/h3-6,11-13H,2,7-10H2,1H3,(H,22,24)/b21-13+. The van der Waals surface area contributed by atoms with Gasteiger partial charge in [-0.1, -0.05) is 0 Å². The Morgan fingerprint density at radius 2 is 2.07 bits per heavy atom. The quantitative estimate of drug-likeness (QED) is 0.520. The molecule has 0 aliphatic carbocycles. The van der Waals surface area contributed by atoms with Gasteiger partial charge in [0.1, 0.15) is 17.1 Å². The Hall–Kier alpha value is -3.26. The molecule has 0 spiro atoms. The van der Waals surface area contributed by atoms with E-state index in [1.165, 1.54) is 6.21 Å². The number of anilines is 1. The van der Waals surface area contributed by atoms with Crippen LogP contribution >= 0.6 is 0 Å². The number of carbonyl (C=O) groups is 1. The summed E-state index contributed by atoms with van der Waals surface area (Å²) in [6.45, 7) is 5.44. The Morgan fingerprint density at radius 1 is 1.21 bits per heavy atom. The van der Waals surface area contributed by atoms with Crippen LogP contribution in [0.1, 0.15) is 23.2 Å². The van der Waals surface area contributed by atoms with Crippen LogP contribution in [0.15, 0.2) is 50.3 Å². The predicted molar refractivity (Wildman–Crippen MR) is 104 cm³/mol. The largest absolute Gasteiger partial charge is 0.494 e. The predicted octanol–water partition coefficient (Wildman–Crippen LogP) is 3.03. The van der Waals surface area contributed by atoms with Gasteiger partial charge >= 0.3 is 5.91 Å². The van der Waals surface area contributed by atoms with Gasteiger partial charge in [0.05, 0.1) is 26.0 Å². The van der Waals surface area contributed by atoms with E-state index in [2.05, 4.69) is 15.4 Å². The Kier molecular flexibility index (Phi) is 5.29. The second kappa shape index (κ2) is 8.18. The minimum absolute atomic E-state index is 0.175. The lowest BCUT2D eigenvalue weighted by Crippen LogP contribution is -2.35. The average Bonchev–Trinajstić information content (AvgIpc) is 3.35. The molecule has 3 aromatic rings. The zero-order valence-electron chi connectivity index (χ0n) is 15.5. The lowest BCUT2D eigenvalue weighted by atomic mass is 10.2. The molecule has 1 fully saturated rings. The maximum atomic E-state index is 12.3. The van der Waals surface area contributed by atoms with Crippen LogP contribution in [-0.2, 0) is 4.74 Å². The number of furan rings is 2. The van der Waals surface area contributed by atoms with Gasteiger partial charge < -0.3 is 23.2 Å². The van der Waals surface area contributed by atoms with Crippen molar-refractivity contribution >= 4 is 29.0 Å². The molecule has 1 amide bonds. The van der Waals surface area contributed by atoms with Crippen molar-refractivity contribution in [3.05, 3.63) is 47.9 Å². The third-order valence-corrected chi connectivity index (χ3v) is 4.32. The molecule has 1 aliphatic rings. The molecule has 1 aromatic carbocycles. The van der Waals surface area contributed by atoms with Crippen LogP contribution in [0.4, 0.5) is 5.88 Å². The van der Waals surface area contributed by atoms with Gasteiger partial charge in [-0.3, -0.25) is 4.79 Å². The molecule has 8 nitrogen and oxygen atoms in total. The van der Waals surface area contributed by atoms with Crippen molar-refractivity contribution in [2.75, 3.05) is 37.8 Å². The fourth-order valence-electron chi connectivity index (χ4n) is 2.96. The van der Waals surface area contributed by atoms with Crippen molar-refractivity contribution in [3.63, 3.8) is 0 Å². The zero-order valence-corrected chi connectivity index (χ0v) is 15.5. The third kappa shape index (κ3) is 4.01. The second-order valence-electron chi connectivity index (χ2n) is 6.22. The zero-order chi connectivity index (χ0) is 19.3. The molecule has 8 heteroatoms. The first-order valence-electron chi connectivity index (χ1n) is 9.15. The summed E-state index contributed by atoms with van der Waals surface area (Å²) in [5.74, 6) is 1.78. The molecule has 1 N–H and O–H groups in total. The average molecular weight is 383 g/mol. The van der Waals surface area contributed by atoms with Crippen LogP contribution in [0, 0.1) is 0 Å². The van der Waals surface area contributed by atoms with Gasteiger partial charge in [0.25, 0.3) is 0 Å². The van der Waals surface area contributed by atoms with Crippen LogP contribution < -0.4 is 15.1 Å². The Morgan fingerprint density at radius 3 is 2.89 bits per heavy atom. The summed E-state index contributed by atoms with van der Waals surface area (Å²) >= 11 is 0. The molecule has 0 atom stereocenters. The van der Waals surface area contributed by atoms with Crippen molar-refractivity contribution in [1.82, 2.24) is 5.43 Å². The number of hydrogen-bond acceptors (Lipinski definition) is 7. The first-order chi connectivity index (χ1) is 13.7. The molecule has 146 valence electrons. The molecule has 4 rings (SSSR count). The van der Waals surface area contributed by atoms with Crippen molar-refractivity contribution in [1.29, 1.82) is 0 Å². The molecular formula is C20H21N3O5. The number of nitrogens with one attached hydrogen (secondary N) is 1. The monoisotopic (exact) mass is 383 g/mol. The molecule has 0 radical (unpaired) electrons. The number of ether oxygens (including phenoxy) is 2. The number of rotatable bonds is 6. The summed E-state index contributed by atoms with van der Waals surface area (Å²) in [6, 6.07) is 10.7. The molecule has 2 aromatic heterocycles. The lowest BCUT2D eigenvalue weighted by molar-refractivity contribution is 0.0929. The number of benzene rings is 1. The smallest absolute Gasteiger partial charge is 0.307 e. The minimum Gasteiger partial charge on any atom is -0.494 e. The van der Waals surface area contributed by atoms with Gasteiger partial charge in [0.2, 0.25) is 0 Å². The highest BCUT2D eigenvalue weighted by Crippen LogP contribution is 2.24. The third-order valence-electron chi connectivity index (χ3n) is 4.32. The SMILES string of the molecule is CCOc1ccc2oc(C(=O)N/N=C/c3ccc(N4CCOCC4)o3)cc2c1. The van der Waals surface area contributed by atoms with Gasteiger partial charge in [0.15, 0.2) is 11.6 Å². The molecular weight excluding hydrogens is 362 g/mol. The van der Waals surface area contributed by atoms with E-state index < -0.39 is 5.91 Å². The number of fused-ring (bicyclic) bond motifs is 1. The number of hydrogen-bond donors (Lipinski definition) is 1. The summed E-state index contributed by atoms with van der Waals surface area (Å²) < 4.78 is 22.1. The lowest BCUT2D eigenvalue weighted by Gasteiger charge is -2.26. The van der Waals surface area contributed by atoms with E-state index in [0.29, 0.717) is 31.2 Å². The normalized spacial score (nSPS) is 14.7. The summed E-state index contributed by atoms with van der Waals surface area (Å²) in [4.78, 5) is 14.4. The van der Waals surface area contributed by atoms with E-state index in [1.807, 2.05) is 19.1 Å². The van der Waals surface area contributed by atoms with Gasteiger partial charge in [-0.15, -0.1) is 0 Å². The topological polar surface area (TPSA) is 89.4 Å². The van der Waals surface area contributed by atoms with Gasteiger partial charge in [-0.2, -0.15) is 5.10 Å². The van der Waals surface area contributed by atoms with Gasteiger partial charge in [0, 0.05) is 24.5 Å². The van der Waals surface area contributed by atoms with Crippen LogP contribution in [0.5, 0.6) is 5.75 Å². The minimum atomic E-state index is -0.439. The first-order valence-corrected chi connectivity index (χ1v) is 9.15. The van der Waals surface area contributed by atoms with Crippen molar-refractivity contribution in [3.8, 4) is 5.75 Å². The van der Waals surface area contributed by atoms with E-state index >= 15 is 0 Å². The Labute approximate surface area is 161 Å².